The van der Waals surface area contributed by atoms with Crippen molar-refractivity contribution in [1.29, 1.82) is 0 Å². The normalized spacial score (nSPS) is 10.0. The summed E-state index contributed by atoms with van der Waals surface area (Å²) in [6.45, 7) is 1.08. The summed E-state index contributed by atoms with van der Waals surface area (Å²) in [5, 5.41) is 9.85. The van der Waals surface area contributed by atoms with Crippen molar-refractivity contribution in [3.8, 4) is 0 Å². The summed E-state index contributed by atoms with van der Waals surface area (Å²) in [7, 11) is 0. The number of rotatable bonds is 6. The van der Waals surface area contributed by atoms with Crippen molar-refractivity contribution in [2.45, 2.75) is 6.54 Å². The van der Waals surface area contributed by atoms with Gasteiger partial charge in [-0.2, -0.15) is 0 Å². The van der Waals surface area contributed by atoms with E-state index in [-0.39, 0.29) is 11.9 Å². The number of amides is 3. The molecule has 0 bridgehead atoms. The molecule has 7 heteroatoms. The van der Waals surface area contributed by atoms with Crippen molar-refractivity contribution in [3.63, 3.8) is 0 Å². The molecule has 2 heterocycles. The summed E-state index contributed by atoms with van der Waals surface area (Å²) < 4.78 is 5.08. The Morgan fingerprint density at radius 2 is 1.95 bits per heavy atom. The lowest BCUT2D eigenvalue weighted by Crippen LogP contribution is -2.39. The minimum atomic E-state index is -0.299. The van der Waals surface area contributed by atoms with Crippen LogP contribution in [0.15, 0.2) is 40.3 Å². The van der Waals surface area contributed by atoms with Crippen LogP contribution in [0, 0.1) is 0 Å². The zero-order chi connectivity index (χ0) is 14.2. The second kappa shape index (κ2) is 7.34. The number of hydrogen-bond donors (Lipinski definition) is 3. The van der Waals surface area contributed by atoms with E-state index >= 15 is 0 Å². The average Bonchev–Trinajstić information content (AvgIpc) is 3.13. The SMILES string of the molecule is O=C(NCCNC(=O)c1cccs1)NCc1ccco1. The molecule has 0 spiro atoms. The summed E-state index contributed by atoms with van der Waals surface area (Å²) in [5.41, 5.74) is 0. The molecule has 3 N–H and O–H groups in total. The molecule has 0 aliphatic rings. The number of urea groups is 1. The van der Waals surface area contributed by atoms with E-state index < -0.39 is 0 Å². The van der Waals surface area contributed by atoms with Crippen molar-refractivity contribution in [3.05, 3.63) is 46.5 Å². The minimum Gasteiger partial charge on any atom is -0.467 e. The standard InChI is InChI=1S/C13H15N3O3S/c17-12(11-4-2-8-20-11)14-5-6-15-13(18)16-9-10-3-1-7-19-10/h1-4,7-8H,5-6,9H2,(H,14,17)(H2,15,16,18). The third kappa shape index (κ3) is 4.43. The van der Waals surface area contributed by atoms with E-state index in [0.717, 1.165) is 0 Å². The Morgan fingerprint density at radius 3 is 2.65 bits per heavy atom. The van der Waals surface area contributed by atoms with E-state index in [9.17, 15) is 9.59 Å². The van der Waals surface area contributed by atoms with Gasteiger partial charge in [0.05, 0.1) is 17.7 Å². The summed E-state index contributed by atoms with van der Waals surface area (Å²) in [5.74, 6) is 0.559. The van der Waals surface area contributed by atoms with Gasteiger partial charge in [-0.25, -0.2) is 4.79 Å². The smallest absolute Gasteiger partial charge is 0.315 e. The maximum absolute atomic E-state index is 11.6. The van der Waals surface area contributed by atoms with Crippen molar-refractivity contribution >= 4 is 23.3 Å². The second-order valence-corrected chi connectivity index (χ2v) is 4.87. The molecule has 0 aromatic carbocycles. The Hall–Kier alpha value is -2.28. The highest BCUT2D eigenvalue weighted by molar-refractivity contribution is 7.12. The van der Waals surface area contributed by atoms with Crippen molar-refractivity contribution in [2.75, 3.05) is 13.1 Å². The fraction of sp³-hybridized carbons (Fsp3) is 0.231. The Bertz CT molecular complexity index is 537. The second-order valence-electron chi connectivity index (χ2n) is 3.92. The summed E-state index contributed by atoms with van der Waals surface area (Å²) in [4.78, 5) is 23.7. The van der Waals surface area contributed by atoms with Gasteiger partial charge in [0.15, 0.2) is 0 Å². The van der Waals surface area contributed by atoms with Gasteiger partial charge >= 0.3 is 6.03 Å². The van der Waals surface area contributed by atoms with Crippen LogP contribution < -0.4 is 16.0 Å². The molecular weight excluding hydrogens is 278 g/mol. The van der Waals surface area contributed by atoms with E-state index in [2.05, 4.69) is 16.0 Å². The van der Waals surface area contributed by atoms with Crippen LogP contribution in [0.4, 0.5) is 4.79 Å². The highest BCUT2D eigenvalue weighted by Crippen LogP contribution is 2.07. The van der Waals surface area contributed by atoms with E-state index in [0.29, 0.717) is 30.3 Å². The van der Waals surface area contributed by atoms with Crippen LogP contribution in [0.3, 0.4) is 0 Å². The fourth-order valence-electron chi connectivity index (χ4n) is 1.49. The number of thiophene rings is 1. The highest BCUT2D eigenvalue weighted by Gasteiger charge is 2.05. The van der Waals surface area contributed by atoms with Gasteiger partial charge in [-0.15, -0.1) is 11.3 Å². The first-order chi connectivity index (χ1) is 9.75. The number of hydrogen-bond acceptors (Lipinski definition) is 4. The zero-order valence-corrected chi connectivity index (χ0v) is 11.5. The molecule has 0 atom stereocenters. The molecule has 0 saturated heterocycles. The van der Waals surface area contributed by atoms with Crippen molar-refractivity contribution in [2.24, 2.45) is 0 Å². The van der Waals surface area contributed by atoms with E-state index in [1.54, 1.807) is 24.5 Å². The van der Waals surface area contributed by atoms with Gasteiger partial charge in [-0.05, 0) is 23.6 Å². The number of furan rings is 1. The van der Waals surface area contributed by atoms with Gasteiger partial charge < -0.3 is 20.4 Å². The Balaban J connectivity index is 1.56. The molecule has 0 radical (unpaired) electrons. The molecule has 0 unspecified atom stereocenters. The Morgan fingerprint density at radius 1 is 1.10 bits per heavy atom. The van der Waals surface area contributed by atoms with Crippen LogP contribution in [-0.2, 0) is 6.54 Å². The lowest BCUT2D eigenvalue weighted by molar-refractivity contribution is 0.0958. The van der Waals surface area contributed by atoms with Gasteiger partial charge in [0.1, 0.15) is 5.76 Å². The first kappa shape index (κ1) is 14.1. The third-order valence-corrected chi connectivity index (χ3v) is 3.31. The van der Waals surface area contributed by atoms with E-state index in [4.69, 9.17) is 4.42 Å². The van der Waals surface area contributed by atoms with Gasteiger partial charge in [0.25, 0.3) is 5.91 Å². The average molecular weight is 293 g/mol. The molecule has 0 saturated carbocycles. The molecule has 6 nitrogen and oxygen atoms in total. The topological polar surface area (TPSA) is 83.4 Å². The van der Waals surface area contributed by atoms with Gasteiger partial charge in [0.2, 0.25) is 0 Å². The minimum absolute atomic E-state index is 0.127. The molecule has 0 aliphatic carbocycles. The quantitative estimate of drug-likeness (QED) is 0.707. The van der Waals surface area contributed by atoms with Gasteiger partial charge in [0, 0.05) is 13.1 Å². The molecular formula is C13H15N3O3S. The molecule has 2 aromatic rings. The fourth-order valence-corrected chi connectivity index (χ4v) is 2.13. The largest absolute Gasteiger partial charge is 0.467 e. The molecule has 20 heavy (non-hydrogen) atoms. The maximum Gasteiger partial charge on any atom is 0.315 e. The Labute approximate surface area is 120 Å². The summed E-state index contributed by atoms with van der Waals surface area (Å²) >= 11 is 1.38. The van der Waals surface area contributed by atoms with E-state index in [1.807, 2.05) is 11.4 Å². The lowest BCUT2D eigenvalue weighted by atomic mass is 10.4. The molecule has 0 aliphatic heterocycles. The van der Waals surface area contributed by atoms with Crippen molar-refractivity contribution < 1.29 is 14.0 Å². The highest BCUT2D eigenvalue weighted by atomic mass is 32.1. The predicted molar refractivity (Wildman–Crippen MR) is 75.6 cm³/mol. The Kier molecular flexibility index (Phi) is 5.19. The zero-order valence-electron chi connectivity index (χ0n) is 10.7. The van der Waals surface area contributed by atoms with Crippen LogP contribution in [-0.4, -0.2) is 25.0 Å². The van der Waals surface area contributed by atoms with Crippen molar-refractivity contribution in [1.82, 2.24) is 16.0 Å². The first-order valence-corrected chi connectivity index (χ1v) is 6.99. The van der Waals surface area contributed by atoms with Crippen LogP contribution in [0.25, 0.3) is 0 Å². The monoisotopic (exact) mass is 293 g/mol. The van der Waals surface area contributed by atoms with E-state index in [1.165, 1.54) is 11.3 Å². The number of nitrogens with one attached hydrogen (secondary N) is 3. The van der Waals surface area contributed by atoms with Gasteiger partial charge in [-0.1, -0.05) is 6.07 Å². The van der Waals surface area contributed by atoms with Gasteiger partial charge in [-0.3, -0.25) is 4.79 Å². The predicted octanol–water partition coefficient (Wildman–Crippen LogP) is 1.57. The summed E-state index contributed by atoms with van der Waals surface area (Å²) in [6.07, 6.45) is 1.55. The van der Waals surface area contributed by atoms with Crippen LogP contribution in [0.5, 0.6) is 0 Å². The summed E-state index contributed by atoms with van der Waals surface area (Å²) in [6, 6.07) is 6.81. The molecule has 106 valence electrons. The third-order valence-electron chi connectivity index (χ3n) is 2.44. The number of carbonyl (C=O) groups excluding carboxylic acids is 2. The van der Waals surface area contributed by atoms with Crippen LogP contribution in [0.2, 0.25) is 0 Å². The van der Waals surface area contributed by atoms with Crippen LogP contribution >= 0.6 is 11.3 Å². The number of carbonyl (C=O) groups is 2. The molecule has 2 aromatic heterocycles. The molecule has 2 rings (SSSR count). The maximum atomic E-state index is 11.6. The first-order valence-electron chi connectivity index (χ1n) is 6.11. The van der Waals surface area contributed by atoms with Crippen LogP contribution in [0.1, 0.15) is 15.4 Å². The molecule has 0 fully saturated rings. The lowest BCUT2D eigenvalue weighted by Gasteiger charge is -2.07. The molecule has 3 amide bonds.